The zero-order valence-corrected chi connectivity index (χ0v) is 16.4. The predicted octanol–water partition coefficient (Wildman–Crippen LogP) is 3.25. The van der Waals surface area contributed by atoms with Crippen LogP contribution in [0.5, 0.6) is 5.88 Å². The van der Waals surface area contributed by atoms with Crippen LogP contribution in [0.25, 0.3) is 0 Å². The number of ether oxygens (including phenoxy) is 1. The quantitative estimate of drug-likeness (QED) is 0.818. The summed E-state index contributed by atoms with van der Waals surface area (Å²) in [5.74, 6) is 0.508. The van der Waals surface area contributed by atoms with Crippen LogP contribution in [0.1, 0.15) is 55.7 Å². The summed E-state index contributed by atoms with van der Waals surface area (Å²) in [6.45, 7) is 0. The van der Waals surface area contributed by atoms with E-state index < -0.39 is 0 Å². The van der Waals surface area contributed by atoms with E-state index in [2.05, 4.69) is 33.8 Å². The number of aromatic nitrogens is 1. The number of benzene rings is 1. The van der Waals surface area contributed by atoms with Crippen LogP contribution in [0.4, 0.5) is 0 Å². The highest BCUT2D eigenvalue weighted by Gasteiger charge is 2.32. The molecule has 4 rings (SSSR count). The molecule has 0 radical (unpaired) electrons. The Morgan fingerprint density at radius 1 is 1.07 bits per heavy atom. The number of rotatable bonds is 5. The van der Waals surface area contributed by atoms with Gasteiger partial charge < -0.3 is 10.1 Å². The van der Waals surface area contributed by atoms with Gasteiger partial charge in [0.1, 0.15) is 17.7 Å². The van der Waals surface area contributed by atoms with Crippen LogP contribution in [0.2, 0.25) is 0 Å². The van der Waals surface area contributed by atoms with Crippen molar-refractivity contribution in [2.24, 2.45) is 0 Å². The third kappa shape index (κ3) is 4.75. The van der Waals surface area contributed by atoms with Crippen molar-refractivity contribution in [3.8, 4) is 11.9 Å². The summed E-state index contributed by atoms with van der Waals surface area (Å²) in [7, 11) is 0. The van der Waals surface area contributed by atoms with Crippen molar-refractivity contribution in [2.75, 3.05) is 0 Å². The standard InChI is InChI=1S/C23H26N4O2/c24-15-17-7-4-14-25-23(17)29-19-10-8-18(9-11-19)26-22(28)21-13-12-20(27-21)16-5-2-1-3-6-16/h1-7,14,18-21,27H,8-13H2,(H,26,28)/t18?,19?,20-,21+/m1/s1. The van der Waals surface area contributed by atoms with E-state index >= 15 is 0 Å². The number of carbonyl (C=O) groups is 1. The zero-order valence-electron chi connectivity index (χ0n) is 16.4. The number of pyridine rings is 1. The van der Waals surface area contributed by atoms with Gasteiger partial charge in [-0.15, -0.1) is 0 Å². The molecule has 1 saturated carbocycles. The first-order valence-corrected chi connectivity index (χ1v) is 10.4. The van der Waals surface area contributed by atoms with E-state index in [1.807, 2.05) is 18.2 Å². The molecule has 0 unspecified atom stereocenters. The number of carbonyl (C=O) groups excluding carboxylic acids is 1. The lowest BCUT2D eigenvalue weighted by Gasteiger charge is -2.30. The maximum absolute atomic E-state index is 12.7. The predicted molar refractivity (Wildman–Crippen MR) is 109 cm³/mol. The third-order valence-corrected chi connectivity index (χ3v) is 5.86. The molecule has 1 aliphatic carbocycles. The molecule has 2 heterocycles. The lowest BCUT2D eigenvalue weighted by molar-refractivity contribution is -0.123. The van der Waals surface area contributed by atoms with Gasteiger partial charge in [0.2, 0.25) is 11.8 Å². The fourth-order valence-corrected chi connectivity index (χ4v) is 4.25. The second-order valence-electron chi connectivity index (χ2n) is 7.83. The van der Waals surface area contributed by atoms with E-state index in [0.717, 1.165) is 38.5 Å². The molecule has 0 spiro atoms. The second-order valence-corrected chi connectivity index (χ2v) is 7.83. The molecule has 2 N–H and O–H groups in total. The van der Waals surface area contributed by atoms with Crippen LogP contribution in [-0.2, 0) is 4.79 Å². The van der Waals surface area contributed by atoms with Gasteiger partial charge >= 0.3 is 0 Å². The number of hydrogen-bond acceptors (Lipinski definition) is 5. The largest absolute Gasteiger partial charge is 0.473 e. The van der Waals surface area contributed by atoms with Crippen molar-refractivity contribution >= 4 is 5.91 Å². The molecule has 2 fully saturated rings. The Bertz CT molecular complexity index is 872. The monoisotopic (exact) mass is 390 g/mol. The molecule has 29 heavy (non-hydrogen) atoms. The van der Waals surface area contributed by atoms with E-state index in [-0.39, 0.29) is 30.1 Å². The smallest absolute Gasteiger partial charge is 0.237 e. The van der Waals surface area contributed by atoms with Gasteiger partial charge in [0.25, 0.3) is 0 Å². The Hall–Kier alpha value is -2.91. The van der Waals surface area contributed by atoms with E-state index in [1.165, 1.54) is 5.56 Å². The summed E-state index contributed by atoms with van der Waals surface area (Å²) < 4.78 is 5.93. The topological polar surface area (TPSA) is 87.0 Å². The molecule has 1 saturated heterocycles. The molecule has 1 aromatic heterocycles. The third-order valence-electron chi connectivity index (χ3n) is 5.86. The number of nitrogens with one attached hydrogen (secondary N) is 2. The van der Waals surface area contributed by atoms with E-state index in [9.17, 15) is 4.79 Å². The molecule has 6 nitrogen and oxygen atoms in total. The lowest BCUT2D eigenvalue weighted by Crippen LogP contribution is -2.47. The number of amides is 1. The minimum absolute atomic E-state index is 0.0391. The molecule has 1 aliphatic heterocycles. The minimum atomic E-state index is -0.124. The van der Waals surface area contributed by atoms with Crippen molar-refractivity contribution in [3.63, 3.8) is 0 Å². The van der Waals surface area contributed by atoms with Gasteiger partial charge in [0, 0.05) is 18.3 Å². The molecular formula is C23H26N4O2. The molecular weight excluding hydrogens is 364 g/mol. The number of nitriles is 1. The average Bonchev–Trinajstić information content (AvgIpc) is 3.27. The van der Waals surface area contributed by atoms with E-state index in [4.69, 9.17) is 10.00 Å². The Balaban J connectivity index is 1.24. The zero-order chi connectivity index (χ0) is 20.1. The van der Waals surface area contributed by atoms with Crippen LogP contribution in [0, 0.1) is 11.3 Å². The number of nitrogens with zero attached hydrogens (tertiary/aromatic N) is 2. The first-order valence-electron chi connectivity index (χ1n) is 10.4. The van der Waals surface area contributed by atoms with Crippen LogP contribution >= 0.6 is 0 Å². The Kier molecular flexibility index (Phi) is 6.06. The fraction of sp³-hybridized carbons (Fsp3) is 0.435. The normalized spacial score (nSPS) is 26.4. The molecule has 2 aliphatic rings. The highest BCUT2D eigenvalue weighted by Crippen LogP contribution is 2.28. The highest BCUT2D eigenvalue weighted by atomic mass is 16.5. The SMILES string of the molecule is N#Cc1cccnc1OC1CCC(NC(=O)[C@@H]2CC[C@H](c3ccccc3)N2)CC1. The maximum Gasteiger partial charge on any atom is 0.237 e. The van der Waals surface area contributed by atoms with Crippen LogP contribution in [-0.4, -0.2) is 29.1 Å². The molecule has 2 atom stereocenters. The first kappa shape index (κ1) is 19.4. The molecule has 6 heteroatoms. The molecule has 2 aromatic rings. The van der Waals surface area contributed by atoms with Crippen molar-refractivity contribution in [1.82, 2.24) is 15.6 Å². The minimum Gasteiger partial charge on any atom is -0.473 e. The molecule has 0 bridgehead atoms. The maximum atomic E-state index is 12.7. The fourth-order valence-electron chi connectivity index (χ4n) is 4.25. The highest BCUT2D eigenvalue weighted by molar-refractivity contribution is 5.82. The van der Waals surface area contributed by atoms with Crippen LogP contribution in [0.15, 0.2) is 48.7 Å². The van der Waals surface area contributed by atoms with Gasteiger partial charge in [-0.2, -0.15) is 5.26 Å². The Morgan fingerprint density at radius 2 is 1.86 bits per heavy atom. The van der Waals surface area contributed by atoms with Gasteiger partial charge in [-0.25, -0.2) is 4.98 Å². The van der Waals surface area contributed by atoms with E-state index in [1.54, 1.807) is 18.3 Å². The second kappa shape index (κ2) is 9.06. The average molecular weight is 390 g/mol. The lowest BCUT2D eigenvalue weighted by atomic mass is 9.92. The van der Waals surface area contributed by atoms with Crippen molar-refractivity contribution in [2.45, 2.75) is 62.8 Å². The summed E-state index contributed by atoms with van der Waals surface area (Å²) in [5, 5.41) is 15.9. The van der Waals surface area contributed by atoms with Crippen LogP contribution < -0.4 is 15.4 Å². The molecule has 1 amide bonds. The Morgan fingerprint density at radius 3 is 2.62 bits per heavy atom. The summed E-state index contributed by atoms with van der Waals surface area (Å²) in [6.07, 6.45) is 6.96. The Labute approximate surface area is 171 Å². The van der Waals surface area contributed by atoms with Crippen LogP contribution in [0.3, 0.4) is 0 Å². The summed E-state index contributed by atoms with van der Waals surface area (Å²) >= 11 is 0. The van der Waals surface area contributed by atoms with Gasteiger partial charge in [0.05, 0.1) is 6.04 Å². The summed E-state index contributed by atoms with van der Waals surface area (Å²) in [5.41, 5.74) is 1.70. The number of hydrogen-bond donors (Lipinski definition) is 2. The van der Waals surface area contributed by atoms with Crippen molar-refractivity contribution in [3.05, 3.63) is 59.8 Å². The van der Waals surface area contributed by atoms with Gasteiger partial charge in [-0.3, -0.25) is 10.1 Å². The van der Waals surface area contributed by atoms with Gasteiger partial charge in [-0.05, 0) is 56.2 Å². The van der Waals surface area contributed by atoms with Crippen molar-refractivity contribution < 1.29 is 9.53 Å². The summed E-state index contributed by atoms with van der Waals surface area (Å²) in [6, 6.07) is 16.2. The summed E-state index contributed by atoms with van der Waals surface area (Å²) in [4.78, 5) is 16.9. The van der Waals surface area contributed by atoms with E-state index in [0.29, 0.717) is 11.4 Å². The van der Waals surface area contributed by atoms with Crippen molar-refractivity contribution in [1.29, 1.82) is 5.26 Å². The first-order chi connectivity index (χ1) is 14.2. The van der Waals surface area contributed by atoms with Gasteiger partial charge in [0.15, 0.2) is 0 Å². The molecule has 150 valence electrons. The molecule has 1 aromatic carbocycles. The van der Waals surface area contributed by atoms with Gasteiger partial charge in [-0.1, -0.05) is 30.3 Å².